The first-order valence-corrected chi connectivity index (χ1v) is 9.72. The second-order valence-electron chi connectivity index (χ2n) is 8.22. The number of pyridine rings is 1. The van der Waals surface area contributed by atoms with Crippen LogP contribution < -0.4 is 4.74 Å². The Morgan fingerprint density at radius 1 is 1.44 bits per heavy atom. The van der Waals surface area contributed by atoms with Crippen molar-refractivity contribution in [1.82, 2.24) is 14.8 Å². The van der Waals surface area contributed by atoms with Gasteiger partial charge in [0.05, 0.1) is 19.3 Å². The molecule has 2 atom stereocenters. The molecule has 5 nitrogen and oxygen atoms in total. The topological polar surface area (TPSA) is 37.8 Å². The Bertz CT molecular complexity index is 592. The number of piperidine rings is 1. The van der Waals surface area contributed by atoms with Gasteiger partial charge in [-0.05, 0) is 57.7 Å². The zero-order valence-corrected chi connectivity index (χ0v) is 15.6. The molecule has 138 valence electrons. The van der Waals surface area contributed by atoms with Crippen LogP contribution in [-0.2, 0) is 11.3 Å². The molecular formula is C20H31N3O2. The highest BCUT2D eigenvalue weighted by molar-refractivity contribution is 5.25. The largest absolute Gasteiger partial charge is 0.481 e. The first kappa shape index (κ1) is 17.3. The van der Waals surface area contributed by atoms with E-state index in [9.17, 15) is 0 Å². The fourth-order valence-corrected chi connectivity index (χ4v) is 4.71. The number of hydrogen-bond donors (Lipinski definition) is 0. The molecule has 3 fully saturated rings. The molecule has 3 heterocycles. The summed E-state index contributed by atoms with van der Waals surface area (Å²) >= 11 is 0. The van der Waals surface area contributed by atoms with Gasteiger partial charge in [0.1, 0.15) is 0 Å². The molecule has 1 aliphatic carbocycles. The van der Waals surface area contributed by atoms with Crippen LogP contribution >= 0.6 is 0 Å². The molecule has 3 aliphatic rings. The second-order valence-corrected chi connectivity index (χ2v) is 8.22. The molecule has 1 saturated carbocycles. The summed E-state index contributed by atoms with van der Waals surface area (Å²) in [5.74, 6) is 1.44. The Morgan fingerprint density at radius 3 is 3.12 bits per heavy atom. The maximum Gasteiger partial charge on any atom is 0.217 e. The Hall–Kier alpha value is -1.17. The molecule has 0 radical (unpaired) electrons. The van der Waals surface area contributed by atoms with Gasteiger partial charge in [0, 0.05) is 37.4 Å². The van der Waals surface area contributed by atoms with Gasteiger partial charge in [0.25, 0.3) is 0 Å². The van der Waals surface area contributed by atoms with E-state index in [2.05, 4.69) is 27.9 Å². The van der Waals surface area contributed by atoms with E-state index in [0.29, 0.717) is 5.92 Å². The van der Waals surface area contributed by atoms with Gasteiger partial charge < -0.3 is 14.4 Å². The fourth-order valence-electron chi connectivity index (χ4n) is 4.71. The smallest absolute Gasteiger partial charge is 0.217 e. The molecule has 0 N–H and O–H groups in total. The lowest BCUT2D eigenvalue weighted by molar-refractivity contribution is -0.0537. The zero-order chi connectivity index (χ0) is 17.3. The lowest BCUT2D eigenvalue weighted by atomic mass is 9.86. The van der Waals surface area contributed by atoms with E-state index in [4.69, 9.17) is 9.47 Å². The maximum atomic E-state index is 6.40. The number of hydrogen-bond acceptors (Lipinski definition) is 5. The van der Waals surface area contributed by atoms with Gasteiger partial charge >= 0.3 is 0 Å². The third-order valence-corrected chi connectivity index (χ3v) is 6.06. The van der Waals surface area contributed by atoms with Crippen LogP contribution in [0, 0.1) is 5.92 Å². The van der Waals surface area contributed by atoms with E-state index >= 15 is 0 Å². The SMILES string of the molecule is COc1ncccc1CN1CCC[C@]2(C[C@H](CN(C)C3CC3)CO2)C1. The summed E-state index contributed by atoms with van der Waals surface area (Å²) in [5.41, 5.74) is 1.24. The third kappa shape index (κ3) is 3.99. The molecule has 2 saturated heterocycles. The van der Waals surface area contributed by atoms with Crippen LogP contribution in [0.4, 0.5) is 0 Å². The number of ether oxygens (including phenoxy) is 2. The van der Waals surface area contributed by atoms with Crippen molar-refractivity contribution >= 4 is 0 Å². The highest BCUT2D eigenvalue weighted by Gasteiger charge is 2.44. The van der Waals surface area contributed by atoms with Crippen molar-refractivity contribution in [3.63, 3.8) is 0 Å². The van der Waals surface area contributed by atoms with E-state index in [1.54, 1.807) is 13.3 Å². The average Bonchev–Trinajstić information content (AvgIpc) is 3.40. The number of methoxy groups -OCH3 is 1. The van der Waals surface area contributed by atoms with Crippen LogP contribution in [0.2, 0.25) is 0 Å². The number of nitrogens with zero attached hydrogens (tertiary/aromatic N) is 3. The van der Waals surface area contributed by atoms with Crippen molar-refractivity contribution < 1.29 is 9.47 Å². The predicted octanol–water partition coefficient (Wildman–Crippen LogP) is 2.56. The van der Waals surface area contributed by atoms with Gasteiger partial charge in [-0.1, -0.05) is 6.07 Å². The summed E-state index contributed by atoms with van der Waals surface area (Å²) in [7, 11) is 3.98. The van der Waals surface area contributed by atoms with Gasteiger partial charge in [-0.2, -0.15) is 0 Å². The normalized spacial score (nSPS) is 30.3. The molecule has 2 aliphatic heterocycles. The lowest BCUT2D eigenvalue weighted by Gasteiger charge is -2.40. The highest BCUT2D eigenvalue weighted by atomic mass is 16.5. The van der Waals surface area contributed by atoms with E-state index in [-0.39, 0.29) is 5.60 Å². The fraction of sp³-hybridized carbons (Fsp3) is 0.750. The van der Waals surface area contributed by atoms with Crippen molar-refractivity contribution in [2.75, 3.05) is 40.4 Å². The summed E-state index contributed by atoms with van der Waals surface area (Å²) < 4.78 is 11.8. The molecule has 1 aromatic heterocycles. The van der Waals surface area contributed by atoms with Gasteiger partial charge in [-0.15, -0.1) is 0 Å². The minimum atomic E-state index is 0.0722. The van der Waals surface area contributed by atoms with Crippen LogP contribution in [0.15, 0.2) is 18.3 Å². The molecule has 0 bridgehead atoms. The molecule has 1 spiro atoms. The second kappa shape index (κ2) is 7.22. The summed E-state index contributed by atoms with van der Waals surface area (Å²) in [6.45, 7) is 5.20. The molecule has 4 rings (SSSR count). The highest BCUT2D eigenvalue weighted by Crippen LogP contribution is 2.39. The van der Waals surface area contributed by atoms with Crippen molar-refractivity contribution in [1.29, 1.82) is 0 Å². The van der Waals surface area contributed by atoms with E-state index < -0.39 is 0 Å². The standard InChI is InChI=1S/C20H31N3O2/c1-22(18-6-7-18)12-16-11-20(25-14-16)8-4-10-23(15-20)13-17-5-3-9-21-19(17)24-2/h3,5,9,16,18H,4,6-8,10-15H2,1-2H3/t16-,20+/m1/s1. The molecule has 0 amide bonds. The Morgan fingerprint density at radius 2 is 2.32 bits per heavy atom. The first-order valence-electron chi connectivity index (χ1n) is 9.72. The Labute approximate surface area is 151 Å². The van der Waals surface area contributed by atoms with Gasteiger partial charge in [0.2, 0.25) is 5.88 Å². The zero-order valence-electron chi connectivity index (χ0n) is 15.6. The Balaban J connectivity index is 1.36. The predicted molar refractivity (Wildman–Crippen MR) is 97.7 cm³/mol. The number of aromatic nitrogens is 1. The van der Waals surface area contributed by atoms with E-state index in [1.165, 1.54) is 44.2 Å². The Kier molecular flexibility index (Phi) is 4.98. The molecule has 0 unspecified atom stereocenters. The minimum Gasteiger partial charge on any atom is -0.481 e. The van der Waals surface area contributed by atoms with Crippen LogP contribution in [0.1, 0.15) is 37.7 Å². The molecule has 25 heavy (non-hydrogen) atoms. The number of likely N-dealkylation sites (tertiary alicyclic amines) is 1. The quantitative estimate of drug-likeness (QED) is 0.792. The van der Waals surface area contributed by atoms with Crippen molar-refractivity contribution in [3.05, 3.63) is 23.9 Å². The molecule has 1 aromatic rings. The van der Waals surface area contributed by atoms with Crippen molar-refractivity contribution in [2.45, 2.75) is 50.3 Å². The minimum absolute atomic E-state index is 0.0722. The maximum absolute atomic E-state index is 6.40. The third-order valence-electron chi connectivity index (χ3n) is 6.06. The van der Waals surface area contributed by atoms with Crippen LogP contribution in [0.25, 0.3) is 0 Å². The van der Waals surface area contributed by atoms with Crippen LogP contribution in [-0.4, -0.2) is 66.8 Å². The monoisotopic (exact) mass is 345 g/mol. The lowest BCUT2D eigenvalue weighted by Crippen LogP contribution is -2.47. The van der Waals surface area contributed by atoms with Crippen molar-refractivity contribution in [3.8, 4) is 5.88 Å². The molecule has 0 aromatic carbocycles. The van der Waals surface area contributed by atoms with Crippen LogP contribution in [0.5, 0.6) is 5.88 Å². The average molecular weight is 345 g/mol. The summed E-state index contributed by atoms with van der Waals surface area (Å²) in [6, 6.07) is 4.96. The van der Waals surface area contributed by atoms with Gasteiger partial charge in [-0.25, -0.2) is 4.98 Å². The molecule has 5 heteroatoms. The van der Waals surface area contributed by atoms with Gasteiger partial charge in [-0.3, -0.25) is 4.90 Å². The van der Waals surface area contributed by atoms with Crippen LogP contribution in [0.3, 0.4) is 0 Å². The summed E-state index contributed by atoms with van der Waals surface area (Å²) in [6.07, 6.45) is 8.20. The van der Waals surface area contributed by atoms with E-state index in [0.717, 1.165) is 38.2 Å². The first-order chi connectivity index (χ1) is 12.2. The summed E-state index contributed by atoms with van der Waals surface area (Å²) in [4.78, 5) is 9.41. The van der Waals surface area contributed by atoms with Gasteiger partial charge in [0.15, 0.2) is 0 Å². The van der Waals surface area contributed by atoms with Crippen molar-refractivity contribution in [2.24, 2.45) is 5.92 Å². The van der Waals surface area contributed by atoms with E-state index in [1.807, 2.05) is 6.07 Å². The number of rotatable bonds is 6. The molecular weight excluding hydrogens is 314 g/mol. The summed E-state index contributed by atoms with van der Waals surface area (Å²) in [5, 5.41) is 0.